The summed E-state index contributed by atoms with van der Waals surface area (Å²) in [5.41, 5.74) is 7.77. The molecule has 0 aliphatic heterocycles. The van der Waals surface area contributed by atoms with Crippen LogP contribution in [0, 0.1) is 5.92 Å². The molecule has 0 aromatic carbocycles. The van der Waals surface area contributed by atoms with E-state index >= 15 is 0 Å². The van der Waals surface area contributed by atoms with Crippen LogP contribution < -0.4 is 0 Å². The fourth-order valence-electron chi connectivity index (χ4n) is 3.62. The molecule has 0 aromatic heterocycles. The average molecular weight is 458 g/mol. The first-order chi connectivity index (χ1) is 10.0. The van der Waals surface area contributed by atoms with Gasteiger partial charge in [-0.1, -0.05) is 0 Å². The van der Waals surface area contributed by atoms with Crippen LogP contribution >= 0.6 is 0 Å². The Bertz CT molecular complexity index is 726. The molecule has 0 heterocycles. The zero-order valence-corrected chi connectivity index (χ0v) is 17.8. The van der Waals surface area contributed by atoms with Gasteiger partial charge in [-0.15, -0.1) is 0 Å². The molecule has 3 aliphatic rings. The third-order valence-electron chi connectivity index (χ3n) is 4.69. The van der Waals surface area contributed by atoms with Crippen LogP contribution in [-0.2, 0) is 24.4 Å². The summed E-state index contributed by atoms with van der Waals surface area (Å²) in [5, 5.41) is 1.66. The first-order valence-corrected chi connectivity index (χ1v) is 11.9. The maximum absolute atomic E-state index is 2.42. The van der Waals surface area contributed by atoms with Gasteiger partial charge in [-0.05, 0) is 0 Å². The van der Waals surface area contributed by atoms with Gasteiger partial charge >= 0.3 is 145 Å². The first kappa shape index (κ1) is 15.3. The van der Waals surface area contributed by atoms with Crippen molar-refractivity contribution in [2.24, 2.45) is 5.92 Å². The second-order valence-electron chi connectivity index (χ2n) is 6.23. The van der Waals surface area contributed by atoms with Gasteiger partial charge in [-0.25, -0.2) is 0 Å². The molecule has 0 spiro atoms. The summed E-state index contributed by atoms with van der Waals surface area (Å²) in [6.07, 6.45) is 15.0. The Morgan fingerprint density at radius 3 is 2.62 bits per heavy atom. The molecule has 0 nitrogen and oxygen atoms in total. The quantitative estimate of drug-likeness (QED) is 0.493. The number of allylic oxidation sites excluding steroid dienone is 12. The summed E-state index contributed by atoms with van der Waals surface area (Å²) in [7, 11) is -0.405. The predicted octanol–water partition coefficient (Wildman–Crippen LogP) is 4.87. The molecule has 1 atom stereocenters. The molecule has 107 valence electrons. The SMILES string of the molecule is CC1=[C]([Hf+2])C2=CC=CC(=[Si](C)C)C(C)C2=C1C1=CC=CC1.[H-].[H-]. The molecule has 0 saturated heterocycles. The van der Waals surface area contributed by atoms with Gasteiger partial charge in [0.2, 0.25) is 0 Å². The summed E-state index contributed by atoms with van der Waals surface area (Å²) in [6, 6.07) is 0. The van der Waals surface area contributed by atoms with Crippen LogP contribution in [0.3, 0.4) is 0 Å². The summed E-state index contributed by atoms with van der Waals surface area (Å²) >= 11 is 1.13. The molecule has 0 bridgehead atoms. The minimum absolute atomic E-state index is 0. The first-order valence-electron chi connectivity index (χ1n) is 7.62. The van der Waals surface area contributed by atoms with E-state index < -0.39 is 8.41 Å². The monoisotopic (exact) mass is 459 g/mol. The topological polar surface area (TPSA) is 0 Å². The van der Waals surface area contributed by atoms with Crippen LogP contribution in [0.1, 0.15) is 23.1 Å². The molecule has 0 fully saturated rings. The zero-order chi connectivity index (χ0) is 15.1. The molecule has 0 amide bonds. The standard InChI is InChI=1S/C19H21Si.Hf.2H/c1-13-12-16-10-7-11-17(20(3)4)14(2)19(16)18(13)15-8-5-6-9-15;;;/h5-8,10-11,14H,9H2,1-4H3;;;/q;+2;2*-1. The van der Waals surface area contributed by atoms with E-state index in [0.717, 1.165) is 30.8 Å². The van der Waals surface area contributed by atoms with Gasteiger partial charge in [0.15, 0.2) is 0 Å². The Balaban J connectivity index is 0.00000132. The van der Waals surface area contributed by atoms with Crippen molar-refractivity contribution in [3.63, 3.8) is 0 Å². The molecule has 21 heavy (non-hydrogen) atoms. The third-order valence-corrected chi connectivity index (χ3v) is 8.76. The molecule has 0 radical (unpaired) electrons. The maximum atomic E-state index is 2.42. The second kappa shape index (κ2) is 5.89. The number of hydrogen-bond acceptors (Lipinski definition) is 0. The minimum atomic E-state index is -0.405. The van der Waals surface area contributed by atoms with Crippen LogP contribution in [0.5, 0.6) is 0 Å². The Labute approximate surface area is 147 Å². The minimum Gasteiger partial charge on any atom is -1.00 e. The van der Waals surface area contributed by atoms with Crippen LogP contribution in [0.4, 0.5) is 0 Å². The van der Waals surface area contributed by atoms with Gasteiger partial charge in [0, 0.05) is 0 Å². The van der Waals surface area contributed by atoms with Gasteiger partial charge in [0.25, 0.3) is 0 Å². The fourth-order valence-corrected chi connectivity index (χ4v) is 6.29. The largest absolute Gasteiger partial charge is 1.00 e. The van der Waals surface area contributed by atoms with E-state index in [-0.39, 0.29) is 2.85 Å². The molecule has 3 aliphatic carbocycles. The van der Waals surface area contributed by atoms with Crippen molar-refractivity contribution in [2.45, 2.75) is 33.4 Å². The van der Waals surface area contributed by atoms with Gasteiger partial charge in [-0.2, -0.15) is 0 Å². The molecular formula is C19H23HfSi. The third kappa shape index (κ3) is 2.51. The molecule has 0 saturated carbocycles. The summed E-state index contributed by atoms with van der Waals surface area (Å²) in [4.78, 5) is 0. The van der Waals surface area contributed by atoms with Gasteiger partial charge in [-0.3, -0.25) is 0 Å². The second-order valence-corrected chi connectivity index (χ2v) is 10.6. The molecule has 0 aromatic rings. The molecule has 1 unspecified atom stereocenters. The summed E-state index contributed by atoms with van der Waals surface area (Å²) < 4.78 is 1.60. The molecule has 0 N–H and O–H groups in total. The Morgan fingerprint density at radius 2 is 2.00 bits per heavy atom. The van der Waals surface area contributed by atoms with E-state index in [1.54, 1.807) is 25.2 Å². The summed E-state index contributed by atoms with van der Waals surface area (Å²) in [5.74, 6) is 0.566. The van der Waals surface area contributed by atoms with Crippen molar-refractivity contribution in [3.05, 3.63) is 67.7 Å². The zero-order valence-electron chi connectivity index (χ0n) is 15.2. The number of hydrogen-bond donors (Lipinski definition) is 0. The van der Waals surface area contributed by atoms with Crippen LogP contribution in [-0.4, -0.2) is 13.6 Å². The van der Waals surface area contributed by atoms with Crippen LogP contribution in [0.25, 0.3) is 0 Å². The Kier molecular flexibility index (Phi) is 4.29. The smallest absolute Gasteiger partial charge is 1.00 e. The summed E-state index contributed by atoms with van der Waals surface area (Å²) in [6.45, 7) is 9.58. The fraction of sp³-hybridized carbons (Fsp3) is 0.316. The van der Waals surface area contributed by atoms with E-state index in [4.69, 9.17) is 0 Å². The number of fused-ring (bicyclic) bond motifs is 1. The van der Waals surface area contributed by atoms with Crippen molar-refractivity contribution >= 4 is 13.6 Å². The molecule has 3 rings (SSSR count). The van der Waals surface area contributed by atoms with Crippen LogP contribution in [0.2, 0.25) is 13.1 Å². The van der Waals surface area contributed by atoms with Crippen molar-refractivity contribution in [2.75, 3.05) is 0 Å². The van der Waals surface area contributed by atoms with E-state index in [9.17, 15) is 0 Å². The van der Waals surface area contributed by atoms with Crippen molar-refractivity contribution in [1.29, 1.82) is 0 Å². The van der Waals surface area contributed by atoms with Gasteiger partial charge in [0.05, 0.1) is 0 Å². The molecular weight excluding hydrogens is 435 g/mol. The molecule has 2 heteroatoms. The van der Waals surface area contributed by atoms with E-state index in [1.165, 1.54) is 11.1 Å². The number of rotatable bonds is 1. The van der Waals surface area contributed by atoms with Crippen molar-refractivity contribution in [1.82, 2.24) is 0 Å². The van der Waals surface area contributed by atoms with Crippen molar-refractivity contribution in [3.8, 4) is 0 Å². The van der Waals surface area contributed by atoms with Crippen LogP contribution in [0.15, 0.2) is 67.7 Å². The maximum Gasteiger partial charge on any atom is -1.00 e. The van der Waals surface area contributed by atoms with E-state index in [0.29, 0.717) is 5.92 Å². The predicted molar refractivity (Wildman–Crippen MR) is 92.7 cm³/mol. The van der Waals surface area contributed by atoms with Gasteiger partial charge in [0.1, 0.15) is 0 Å². The Hall–Kier alpha value is -0.603. The van der Waals surface area contributed by atoms with E-state index in [2.05, 4.69) is 63.4 Å². The Morgan fingerprint density at radius 1 is 1.24 bits per heavy atom. The van der Waals surface area contributed by atoms with Crippen molar-refractivity contribution < 1.29 is 27.2 Å². The average Bonchev–Trinajstić information content (AvgIpc) is 2.99. The van der Waals surface area contributed by atoms with Gasteiger partial charge < -0.3 is 2.85 Å². The van der Waals surface area contributed by atoms with E-state index in [1.807, 2.05) is 0 Å². The normalized spacial score (nSPS) is 24.5.